The van der Waals surface area contributed by atoms with Gasteiger partial charge in [-0.25, -0.2) is 0 Å². The van der Waals surface area contributed by atoms with Crippen LogP contribution >= 0.6 is 0 Å². The molecule has 22 heavy (non-hydrogen) atoms. The fourth-order valence-electron chi connectivity index (χ4n) is 2.05. The third kappa shape index (κ3) is 3.58. The highest BCUT2D eigenvalue weighted by atomic mass is 16.5. The summed E-state index contributed by atoms with van der Waals surface area (Å²) in [6.45, 7) is 4.35. The number of hydrogen-bond donors (Lipinski definition) is 0. The molecule has 2 aromatic rings. The van der Waals surface area contributed by atoms with Gasteiger partial charge >= 0.3 is 0 Å². The van der Waals surface area contributed by atoms with Gasteiger partial charge in [-0.2, -0.15) is 0 Å². The first-order valence-electron chi connectivity index (χ1n) is 6.98. The molecule has 1 aromatic heterocycles. The molecule has 6 heteroatoms. The second-order valence-corrected chi connectivity index (χ2v) is 4.95. The zero-order valence-corrected chi connectivity index (χ0v) is 13.3. The van der Waals surface area contributed by atoms with Crippen molar-refractivity contribution in [2.45, 2.75) is 13.8 Å². The van der Waals surface area contributed by atoms with E-state index in [9.17, 15) is 4.79 Å². The molecule has 2 rings (SSSR count). The quantitative estimate of drug-likeness (QED) is 0.820. The summed E-state index contributed by atoms with van der Waals surface area (Å²) in [5, 5.41) is 3.80. The Hall–Kier alpha value is -2.50. The molecule has 0 fully saturated rings. The van der Waals surface area contributed by atoms with Crippen molar-refractivity contribution in [3.63, 3.8) is 0 Å². The predicted molar refractivity (Wildman–Crippen MR) is 81.4 cm³/mol. The second-order valence-electron chi connectivity index (χ2n) is 4.95. The molecular formula is C16H20N2O4. The molecule has 0 spiro atoms. The van der Waals surface area contributed by atoms with Crippen molar-refractivity contribution in [1.29, 1.82) is 0 Å². The fourth-order valence-corrected chi connectivity index (χ4v) is 2.05. The Kier molecular flexibility index (Phi) is 5.04. The van der Waals surface area contributed by atoms with Crippen LogP contribution in [-0.4, -0.2) is 43.3 Å². The summed E-state index contributed by atoms with van der Waals surface area (Å²) in [5.74, 6) is 1.93. The van der Waals surface area contributed by atoms with Crippen LogP contribution in [0.2, 0.25) is 0 Å². The molecule has 0 aliphatic heterocycles. The molecule has 6 nitrogen and oxygen atoms in total. The maximum Gasteiger partial charge on any atom is 0.259 e. The van der Waals surface area contributed by atoms with Gasteiger partial charge in [0.25, 0.3) is 5.91 Å². The average Bonchev–Trinajstić information content (AvgIpc) is 2.86. The van der Waals surface area contributed by atoms with Gasteiger partial charge in [0.05, 0.1) is 19.3 Å². The van der Waals surface area contributed by atoms with Crippen molar-refractivity contribution in [3.8, 4) is 11.5 Å². The Morgan fingerprint density at radius 2 is 1.86 bits per heavy atom. The Morgan fingerprint density at radius 1 is 1.23 bits per heavy atom. The van der Waals surface area contributed by atoms with Crippen LogP contribution < -0.4 is 9.47 Å². The molecule has 0 saturated heterocycles. The second kappa shape index (κ2) is 6.98. The van der Waals surface area contributed by atoms with Crippen molar-refractivity contribution >= 4 is 5.91 Å². The Morgan fingerprint density at radius 3 is 2.41 bits per heavy atom. The van der Waals surface area contributed by atoms with E-state index in [1.54, 1.807) is 32.9 Å². The van der Waals surface area contributed by atoms with Crippen LogP contribution in [-0.2, 0) is 0 Å². The van der Waals surface area contributed by atoms with Gasteiger partial charge in [0.15, 0.2) is 0 Å². The highest BCUT2D eigenvalue weighted by molar-refractivity contribution is 5.95. The van der Waals surface area contributed by atoms with Crippen LogP contribution in [0.1, 0.15) is 21.8 Å². The Balaban J connectivity index is 1.87. The number of aromatic nitrogens is 1. The van der Waals surface area contributed by atoms with E-state index in [1.165, 1.54) is 0 Å². The first-order valence-corrected chi connectivity index (χ1v) is 6.98. The van der Waals surface area contributed by atoms with Gasteiger partial charge in [0.1, 0.15) is 29.4 Å². The molecule has 0 saturated carbocycles. The fraction of sp³-hybridized carbons (Fsp3) is 0.375. The first kappa shape index (κ1) is 15.9. The monoisotopic (exact) mass is 304 g/mol. The van der Waals surface area contributed by atoms with Gasteiger partial charge in [-0.05, 0) is 38.1 Å². The van der Waals surface area contributed by atoms with E-state index < -0.39 is 0 Å². The van der Waals surface area contributed by atoms with Crippen LogP contribution in [0, 0.1) is 13.8 Å². The number of ether oxygens (including phenoxy) is 2. The number of hydrogen-bond acceptors (Lipinski definition) is 5. The van der Waals surface area contributed by atoms with Crippen molar-refractivity contribution in [3.05, 3.63) is 41.3 Å². The first-order chi connectivity index (χ1) is 10.5. The van der Waals surface area contributed by atoms with Crippen molar-refractivity contribution in [2.75, 3.05) is 27.3 Å². The normalized spacial score (nSPS) is 10.4. The highest BCUT2D eigenvalue weighted by Crippen LogP contribution is 2.17. The minimum Gasteiger partial charge on any atom is -0.497 e. The number of amides is 1. The minimum atomic E-state index is -0.116. The lowest BCUT2D eigenvalue weighted by molar-refractivity contribution is 0.0771. The molecule has 0 aliphatic rings. The number of carbonyl (C=O) groups excluding carboxylic acids is 1. The molecule has 0 N–H and O–H groups in total. The molecule has 0 radical (unpaired) electrons. The van der Waals surface area contributed by atoms with Gasteiger partial charge in [-0.3, -0.25) is 4.79 Å². The van der Waals surface area contributed by atoms with E-state index in [-0.39, 0.29) is 5.91 Å². The summed E-state index contributed by atoms with van der Waals surface area (Å²) in [7, 11) is 3.34. The van der Waals surface area contributed by atoms with E-state index in [0.29, 0.717) is 30.2 Å². The van der Waals surface area contributed by atoms with Crippen LogP contribution in [0.3, 0.4) is 0 Å². The number of likely N-dealkylation sites (N-methyl/N-ethyl adjacent to an activating group) is 1. The standard InChI is InChI=1S/C16H20N2O4/c1-11-15(12(2)22-17-11)16(19)18(3)9-10-21-14-7-5-13(20-4)6-8-14/h5-8H,9-10H2,1-4H3. The molecule has 118 valence electrons. The lowest BCUT2D eigenvalue weighted by Gasteiger charge is -2.17. The maximum absolute atomic E-state index is 12.3. The summed E-state index contributed by atoms with van der Waals surface area (Å²) >= 11 is 0. The Bertz CT molecular complexity index is 615. The zero-order valence-electron chi connectivity index (χ0n) is 13.3. The van der Waals surface area contributed by atoms with Crippen LogP contribution in [0.15, 0.2) is 28.8 Å². The molecular weight excluding hydrogens is 284 g/mol. The summed E-state index contributed by atoms with van der Waals surface area (Å²) in [6, 6.07) is 7.31. The van der Waals surface area contributed by atoms with E-state index in [0.717, 1.165) is 11.5 Å². The van der Waals surface area contributed by atoms with E-state index in [4.69, 9.17) is 14.0 Å². The number of aryl methyl sites for hydroxylation is 2. The topological polar surface area (TPSA) is 64.8 Å². The van der Waals surface area contributed by atoms with Crippen molar-refractivity contribution < 1.29 is 18.8 Å². The van der Waals surface area contributed by atoms with Crippen molar-refractivity contribution in [1.82, 2.24) is 10.1 Å². The van der Waals surface area contributed by atoms with E-state index in [2.05, 4.69) is 5.16 Å². The molecule has 1 aromatic carbocycles. The van der Waals surface area contributed by atoms with Gasteiger partial charge in [0, 0.05) is 7.05 Å². The van der Waals surface area contributed by atoms with Crippen LogP contribution in [0.5, 0.6) is 11.5 Å². The van der Waals surface area contributed by atoms with Crippen LogP contribution in [0.25, 0.3) is 0 Å². The molecule has 1 heterocycles. The van der Waals surface area contributed by atoms with Crippen molar-refractivity contribution in [2.24, 2.45) is 0 Å². The SMILES string of the molecule is COc1ccc(OCCN(C)C(=O)c2c(C)noc2C)cc1. The van der Waals surface area contributed by atoms with E-state index in [1.807, 2.05) is 24.3 Å². The summed E-state index contributed by atoms with van der Waals surface area (Å²) in [4.78, 5) is 13.9. The summed E-state index contributed by atoms with van der Waals surface area (Å²) < 4.78 is 15.7. The summed E-state index contributed by atoms with van der Waals surface area (Å²) in [6.07, 6.45) is 0. The third-order valence-electron chi connectivity index (χ3n) is 3.35. The van der Waals surface area contributed by atoms with Gasteiger partial charge < -0.3 is 18.9 Å². The molecule has 0 atom stereocenters. The van der Waals surface area contributed by atoms with E-state index >= 15 is 0 Å². The molecule has 0 aliphatic carbocycles. The Labute approximate surface area is 129 Å². The number of nitrogens with zero attached hydrogens (tertiary/aromatic N) is 2. The number of rotatable bonds is 6. The van der Waals surface area contributed by atoms with Gasteiger partial charge in [0.2, 0.25) is 0 Å². The molecule has 1 amide bonds. The third-order valence-corrected chi connectivity index (χ3v) is 3.35. The molecule has 0 bridgehead atoms. The maximum atomic E-state index is 12.3. The average molecular weight is 304 g/mol. The van der Waals surface area contributed by atoms with Crippen LogP contribution in [0.4, 0.5) is 0 Å². The number of carbonyl (C=O) groups is 1. The smallest absolute Gasteiger partial charge is 0.259 e. The highest BCUT2D eigenvalue weighted by Gasteiger charge is 2.20. The minimum absolute atomic E-state index is 0.116. The largest absolute Gasteiger partial charge is 0.497 e. The van der Waals surface area contributed by atoms with Gasteiger partial charge in [-0.15, -0.1) is 0 Å². The predicted octanol–water partition coefficient (Wildman–Crippen LogP) is 2.45. The summed E-state index contributed by atoms with van der Waals surface area (Å²) in [5.41, 5.74) is 1.12. The lowest BCUT2D eigenvalue weighted by Crippen LogP contribution is -2.31. The molecule has 0 unspecified atom stereocenters. The van der Waals surface area contributed by atoms with Gasteiger partial charge in [-0.1, -0.05) is 5.16 Å². The lowest BCUT2D eigenvalue weighted by atomic mass is 10.2. The number of benzene rings is 1. The zero-order chi connectivity index (χ0) is 16.1. The number of methoxy groups -OCH3 is 1.